The number of nitrogens with zero attached hydrogens (tertiary/aromatic N) is 2. The first kappa shape index (κ1) is 13.3. The summed E-state index contributed by atoms with van der Waals surface area (Å²) in [6.07, 6.45) is -6.79. The van der Waals surface area contributed by atoms with Gasteiger partial charge < -0.3 is 5.11 Å². The Bertz CT molecular complexity index is 441. The van der Waals surface area contributed by atoms with Crippen molar-refractivity contribution in [3.05, 3.63) is 17.0 Å². The minimum Gasteiger partial charge on any atom is -0.385 e. The topological polar surface area (TPSA) is 38.0 Å². The molecule has 0 unspecified atom stereocenters. The molecular formula is C11H14F4N2O. The predicted octanol–water partition coefficient (Wildman–Crippen LogP) is 2.63. The summed E-state index contributed by atoms with van der Waals surface area (Å²) in [5, 5.41) is 13.0. The summed E-state index contributed by atoms with van der Waals surface area (Å²) in [6, 6.07) is 0. The molecule has 1 aliphatic carbocycles. The van der Waals surface area contributed by atoms with Crippen molar-refractivity contribution < 1.29 is 22.7 Å². The summed E-state index contributed by atoms with van der Waals surface area (Å²) in [4.78, 5) is 0. The Balaban J connectivity index is 2.44. The van der Waals surface area contributed by atoms with Gasteiger partial charge in [0.15, 0.2) is 5.69 Å². The van der Waals surface area contributed by atoms with Gasteiger partial charge in [0.2, 0.25) is 0 Å². The average Bonchev–Trinajstić information content (AvgIpc) is 2.75. The van der Waals surface area contributed by atoms with E-state index in [1.165, 1.54) is 4.68 Å². The smallest absolute Gasteiger partial charge is 0.385 e. The van der Waals surface area contributed by atoms with Crippen molar-refractivity contribution >= 4 is 0 Å². The normalized spacial score (nSPS) is 23.4. The molecule has 3 nitrogen and oxygen atoms in total. The van der Waals surface area contributed by atoms with Gasteiger partial charge in [-0.15, -0.1) is 0 Å². The van der Waals surface area contributed by atoms with Crippen molar-refractivity contribution in [2.45, 2.75) is 51.2 Å². The predicted molar refractivity (Wildman–Crippen MR) is 55.7 cm³/mol. The van der Waals surface area contributed by atoms with Crippen LogP contribution in [-0.2, 0) is 19.1 Å². The third kappa shape index (κ3) is 2.11. The van der Waals surface area contributed by atoms with Crippen LogP contribution in [0, 0.1) is 0 Å². The molecule has 1 aliphatic rings. The summed E-state index contributed by atoms with van der Waals surface area (Å²) in [5.41, 5.74) is -1.36. The molecule has 1 N–H and O–H groups in total. The van der Waals surface area contributed by atoms with Crippen molar-refractivity contribution in [3.63, 3.8) is 0 Å². The Morgan fingerprint density at radius 3 is 2.67 bits per heavy atom. The maximum atomic E-state index is 13.4. The zero-order chi connectivity index (χ0) is 13.5. The van der Waals surface area contributed by atoms with Crippen LogP contribution < -0.4 is 0 Å². The number of aliphatic hydroxyl groups is 1. The lowest BCUT2D eigenvalue weighted by atomic mass is 10.1. The van der Waals surface area contributed by atoms with E-state index in [1.54, 1.807) is 0 Å². The van der Waals surface area contributed by atoms with E-state index in [-0.39, 0.29) is 17.7 Å². The highest BCUT2D eigenvalue weighted by Gasteiger charge is 2.46. The van der Waals surface area contributed by atoms with E-state index in [4.69, 9.17) is 0 Å². The van der Waals surface area contributed by atoms with Crippen LogP contribution in [0.15, 0.2) is 0 Å². The van der Waals surface area contributed by atoms with Gasteiger partial charge in [0.1, 0.15) is 12.3 Å². The van der Waals surface area contributed by atoms with Crippen molar-refractivity contribution in [1.29, 1.82) is 0 Å². The van der Waals surface area contributed by atoms with Gasteiger partial charge in [-0.3, -0.25) is 4.68 Å². The molecule has 0 radical (unpaired) electrons. The molecule has 7 heteroatoms. The fourth-order valence-electron chi connectivity index (χ4n) is 2.22. The lowest BCUT2D eigenvalue weighted by molar-refractivity contribution is -0.143. The maximum absolute atomic E-state index is 13.4. The molecule has 2 atom stereocenters. The summed E-state index contributed by atoms with van der Waals surface area (Å²) < 4.78 is 52.8. The first-order valence-corrected chi connectivity index (χ1v) is 5.85. The highest BCUT2D eigenvalue weighted by atomic mass is 19.4. The third-order valence-corrected chi connectivity index (χ3v) is 3.12. The van der Waals surface area contributed by atoms with Gasteiger partial charge in [-0.05, 0) is 6.42 Å². The summed E-state index contributed by atoms with van der Waals surface area (Å²) in [5.74, 6) is 0. The second-order valence-electron chi connectivity index (χ2n) is 4.45. The Morgan fingerprint density at radius 2 is 2.11 bits per heavy atom. The second kappa shape index (κ2) is 4.53. The minimum atomic E-state index is -4.66. The van der Waals surface area contributed by atoms with Crippen molar-refractivity contribution in [2.75, 3.05) is 0 Å². The van der Waals surface area contributed by atoms with Crippen molar-refractivity contribution in [3.8, 4) is 0 Å². The van der Waals surface area contributed by atoms with Gasteiger partial charge in [0, 0.05) is 24.2 Å². The molecule has 0 saturated heterocycles. The molecule has 0 bridgehead atoms. The quantitative estimate of drug-likeness (QED) is 0.854. The molecule has 0 aliphatic heterocycles. The number of unbranched alkanes of at least 4 members (excludes halogenated alkanes) is 1. The third-order valence-electron chi connectivity index (χ3n) is 3.12. The number of hydrogen-bond donors (Lipinski definition) is 1. The molecule has 0 fully saturated rings. The van der Waals surface area contributed by atoms with Gasteiger partial charge in [0.05, 0.1) is 0 Å². The molecule has 1 heterocycles. The van der Waals surface area contributed by atoms with Crippen LogP contribution in [0.2, 0.25) is 0 Å². The number of alkyl halides is 4. The fourth-order valence-corrected chi connectivity index (χ4v) is 2.22. The number of aryl methyl sites for hydroxylation is 1. The molecule has 0 amide bonds. The SMILES string of the molecule is CCCCn1nc(C(F)(F)F)c2c1C[C@@H](F)[C@H]2O. The molecule has 18 heavy (non-hydrogen) atoms. The van der Waals surface area contributed by atoms with Gasteiger partial charge in [-0.1, -0.05) is 13.3 Å². The molecule has 0 aromatic carbocycles. The Morgan fingerprint density at radius 1 is 1.44 bits per heavy atom. The lowest BCUT2D eigenvalue weighted by Crippen LogP contribution is -2.16. The van der Waals surface area contributed by atoms with Crippen LogP contribution in [0.25, 0.3) is 0 Å². The molecular weight excluding hydrogens is 252 g/mol. The van der Waals surface area contributed by atoms with Crippen LogP contribution in [0.1, 0.15) is 42.8 Å². The van der Waals surface area contributed by atoms with Crippen LogP contribution in [0.4, 0.5) is 17.6 Å². The van der Waals surface area contributed by atoms with Crippen LogP contribution in [0.5, 0.6) is 0 Å². The number of aliphatic hydroxyl groups excluding tert-OH is 1. The van der Waals surface area contributed by atoms with E-state index >= 15 is 0 Å². The number of halogens is 4. The highest BCUT2D eigenvalue weighted by molar-refractivity contribution is 5.36. The Labute approximate surface area is 101 Å². The zero-order valence-electron chi connectivity index (χ0n) is 9.84. The van der Waals surface area contributed by atoms with E-state index < -0.39 is 24.1 Å². The lowest BCUT2D eigenvalue weighted by Gasteiger charge is -2.10. The first-order valence-electron chi connectivity index (χ1n) is 5.85. The first-order chi connectivity index (χ1) is 8.36. The number of aromatic nitrogens is 2. The molecule has 2 rings (SSSR count). The van der Waals surface area contributed by atoms with E-state index in [9.17, 15) is 22.7 Å². The van der Waals surface area contributed by atoms with Crippen LogP contribution >= 0.6 is 0 Å². The number of rotatable bonds is 3. The average molecular weight is 266 g/mol. The van der Waals surface area contributed by atoms with E-state index in [1.807, 2.05) is 6.92 Å². The molecule has 1 aromatic heterocycles. The summed E-state index contributed by atoms with van der Waals surface area (Å²) >= 11 is 0. The van der Waals surface area contributed by atoms with Gasteiger partial charge in [-0.2, -0.15) is 18.3 Å². The zero-order valence-corrected chi connectivity index (χ0v) is 9.84. The number of fused-ring (bicyclic) bond motifs is 1. The van der Waals surface area contributed by atoms with E-state index in [2.05, 4.69) is 5.10 Å². The van der Waals surface area contributed by atoms with Crippen molar-refractivity contribution in [1.82, 2.24) is 9.78 Å². The molecule has 102 valence electrons. The monoisotopic (exact) mass is 266 g/mol. The molecule has 0 spiro atoms. The highest BCUT2D eigenvalue weighted by Crippen LogP contribution is 2.42. The minimum absolute atomic E-state index is 0.177. The van der Waals surface area contributed by atoms with E-state index in [0.29, 0.717) is 13.0 Å². The maximum Gasteiger partial charge on any atom is 0.435 e. The summed E-state index contributed by atoms with van der Waals surface area (Å²) in [6.45, 7) is 2.22. The Hall–Kier alpha value is -1.11. The fraction of sp³-hybridized carbons (Fsp3) is 0.727. The second-order valence-corrected chi connectivity index (χ2v) is 4.45. The number of hydrogen-bond acceptors (Lipinski definition) is 2. The van der Waals surface area contributed by atoms with Gasteiger partial charge in [0.25, 0.3) is 0 Å². The van der Waals surface area contributed by atoms with Crippen molar-refractivity contribution in [2.24, 2.45) is 0 Å². The van der Waals surface area contributed by atoms with Crippen LogP contribution in [-0.4, -0.2) is 21.1 Å². The van der Waals surface area contributed by atoms with Crippen LogP contribution in [0.3, 0.4) is 0 Å². The molecule has 0 saturated carbocycles. The van der Waals surface area contributed by atoms with Gasteiger partial charge in [-0.25, -0.2) is 4.39 Å². The van der Waals surface area contributed by atoms with E-state index in [0.717, 1.165) is 6.42 Å². The largest absolute Gasteiger partial charge is 0.435 e. The summed E-state index contributed by atoms with van der Waals surface area (Å²) in [7, 11) is 0. The Kier molecular flexibility index (Phi) is 3.35. The molecule has 1 aromatic rings. The standard InChI is InChI=1S/C11H14F4N2O/c1-2-3-4-17-7-5-6(12)9(18)8(7)10(16-17)11(13,14)15/h6,9,18H,2-5H2,1H3/t6-,9-/m1/s1. The van der Waals surface area contributed by atoms with Gasteiger partial charge >= 0.3 is 6.18 Å².